The van der Waals surface area contributed by atoms with Crippen LogP contribution < -0.4 is 10.1 Å². The van der Waals surface area contributed by atoms with E-state index in [0.29, 0.717) is 10.2 Å². The highest BCUT2D eigenvalue weighted by atomic mass is 79.9. The van der Waals surface area contributed by atoms with E-state index in [-0.39, 0.29) is 0 Å². The van der Waals surface area contributed by atoms with Crippen LogP contribution in [0.5, 0.6) is 5.75 Å². The summed E-state index contributed by atoms with van der Waals surface area (Å²) in [5.41, 5.74) is 0. The number of amides is 1. The van der Waals surface area contributed by atoms with Gasteiger partial charge in [0.25, 0.3) is 5.91 Å². The molecule has 0 fully saturated rings. The lowest BCUT2D eigenvalue weighted by Crippen LogP contribution is -2.41. The molecule has 1 N–H and O–H groups in total. The second-order valence-corrected chi connectivity index (χ2v) is 5.48. The summed E-state index contributed by atoms with van der Waals surface area (Å²) < 4.78 is 42.4. The molecule has 0 radical (unpaired) electrons. The molecule has 1 atom stereocenters. The Balaban J connectivity index is 2.10. The summed E-state index contributed by atoms with van der Waals surface area (Å²) in [5.74, 6) is -0.425. The first-order valence-corrected chi connectivity index (χ1v) is 7.25. The van der Waals surface area contributed by atoms with E-state index in [0.717, 1.165) is 10.8 Å². The minimum Gasteiger partial charge on any atom is -0.480 e. The van der Waals surface area contributed by atoms with Crippen LogP contribution in [0.4, 0.5) is 13.2 Å². The van der Waals surface area contributed by atoms with Crippen molar-refractivity contribution in [2.45, 2.75) is 19.2 Å². The van der Waals surface area contributed by atoms with Gasteiger partial charge in [-0.1, -0.05) is 30.3 Å². The summed E-state index contributed by atoms with van der Waals surface area (Å²) in [6.45, 7) is 0.0196. The van der Waals surface area contributed by atoms with Crippen molar-refractivity contribution in [1.82, 2.24) is 5.32 Å². The van der Waals surface area contributed by atoms with Crippen LogP contribution >= 0.6 is 15.9 Å². The zero-order valence-corrected chi connectivity index (χ0v) is 13.2. The fourth-order valence-electron chi connectivity index (χ4n) is 1.88. The van der Waals surface area contributed by atoms with E-state index in [4.69, 9.17) is 4.74 Å². The van der Waals surface area contributed by atoms with Gasteiger partial charge in [-0.2, -0.15) is 13.2 Å². The maximum Gasteiger partial charge on any atom is 0.405 e. The molecule has 0 heterocycles. The predicted octanol–water partition coefficient (Wildman–Crippen LogP) is 4.05. The zero-order valence-electron chi connectivity index (χ0n) is 11.6. The van der Waals surface area contributed by atoms with E-state index in [1.165, 1.54) is 6.92 Å². The molecule has 2 aromatic carbocycles. The molecule has 118 valence electrons. The molecule has 1 amide bonds. The molecule has 0 aliphatic rings. The number of fused-ring (bicyclic) bond motifs is 1. The van der Waals surface area contributed by atoms with Gasteiger partial charge in [-0.05, 0) is 39.7 Å². The number of halogens is 4. The van der Waals surface area contributed by atoms with Crippen LogP contribution in [0.3, 0.4) is 0 Å². The molecule has 0 saturated carbocycles. The maximum atomic E-state index is 12.1. The minimum atomic E-state index is -4.45. The second-order valence-electron chi connectivity index (χ2n) is 4.69. The third kappa shape index (κ3) is 4.13. The first-order valence-electron chi connectivity index (χ1n) is 6.46. The number of nitrogens with one attached hydrogen (secondary N) is 1. The van der Waals surface area contributed by atoms with Crippen LogP contribution in [0.1, 0.15) is 6.92 Å². The topological polar surface area (TPSA) is 38.3 Å². The second kappa shape index (κ2) is 6.56. The quantitative estimate of drug-likeness (QED) is 0.875. The number of hydrogen-bond donors (Lipinski definition) is 1. The maximum absolute atomic E-state index is 12.1. The fourth-order valence-corrected chi connectivity index (χ4v) is 2.47. The number of rotatable bonds is 4. The van der Waals surface area contributed by atoms with Crippen molar-refractivity contribution in [2.75, 3.05) is 6.54 Å². The molecule has 0 aliphatic carbocycles. The third-order valence-electron chi connectivity index (χ3n) is 2.96. The van der Waals surface area contributed by atoms with Crippen molar-refractivity contribution in [3.8, 4) is 5.75 Å². The first kappa shape index (κ1) is 16.6. The van der Waals surface area contributed by atoms with E-state index in [1.807, 2.05) is 30.3 Å². The number of carbonyl (C=O) groups excluding carboxylic acids is 1. The van der Waals surface area contributed by atoms with Crippen molar-refractivity contribution in [3.63, 3.8) is 0 Å². The van der Waals surface area contributed by atoms with Crippen molar-refractivity contribution in [1.29, 1.82) is 0 Å². The smallest absolute Gasteiger partial charge is 0.405 e. The van der Waals surface area contributed by atoms with Gasteiger partial charge in [0.15, 0.2) is 6.10 Å². The SMILES string of the molecule is C[C@H](Oc1ccc2ccccc2c1Br)C(=O)NCC(F)(F)F. The third-order valence-corrected chi connectivity index (χ3v) is 3.78. The molecule has 0 aromatic heterocycles. The van der Waals surface area contributed by atoms with Crippen LogP contribution in [0.2, 0.25) is 0 Å². The van der Waals surface area contributed by atoms with Gasteiger partial charge in [0.05, 0.1) is 4.47 Å². The Labute approximate surface area is 133 Å². The van der Waals surface area contributed by atoms with Crippen molar-refractivity contribution < 1.29 is 22.7 Å². The summed E-state index contributed by atoms with van der Waals surface area (Å²) in [5, 5.41) is 3.67. The largest absolute Gasteiger partial charge is 0.480 e. The number of hydrogen-bond acceptors (Lipinski definition) is 2. The van der Waals surface area contributed by atoms with Crippen molar-refractivity contribution in [2.24, 2.45) is 0 Å². The van der Waals surface area contributed by atoms with Gasteiger partial charge < -0.3 is 10.1 Å². The van der Waals surface area contributed by atoms with E-state index < -0.39 is 24.7 Å². The number of ether oxygens (including phenoxy) is 1. The molecule has 2 aromatic rings. The Bertz CT molecular complexity index is 688. The lowest BCUT2D eigenvalue weighted by Gasteiger charge is -2.17. The average molecular weight is 376 g/mol. The standard InChI is InChI=1S/C15H13BrF3NO2/c1-9(14(21)20-8-15(17,18)19)22-12-7-6-10-4-2-3-5-11(10)13(12)16/h2-7,9H,8H2,1H3,(H,20,21)/t9-/m0/s1. The molecule has 22 heavy (non-hydrogen) atoms. The number of benzene rings is 2. The van der Waals surface area contributed by atoms with Crippen LogP contribution in [-0.4, -0.2) is 24.7 Å². The van der Waals surface area contributed by atoms with Gasteiger partial charge in [0.1, 0.15) is 12.3 Å². The summed E-state index contributed by atoms with van der Waals surface area (Å²) in [7, 11) is 0. The minimum absolute atomic E-state index is 0.397. The Morgan fingerprint density at radius 3 is 2.64 bits per heavy atom. The summed E-state index contributed by atoms with van der Waals surface area (Å²) >= 11 is 3.39. The number of carbonyl (C=O) groups is 1. The molecular formula is C15H13BrF3NO2. The van der Waals surface area contributed by atoms with Crippen LogP contribution in [0.25, 0.3) is 10.8 Å². The normalized spacial score (nSPS) is 13.0. The Morgan fingerprint density at radius 1 is 1.27 bits per heavy atom. The zero-order chi connectivity index (χ0) is 16.3. The number of alkyl halides is 3. The molecule has 0 bridgehead atoms. The lowest BCUT2D eigenvalue weighted by atomic mass is 10.1. The van der Waals surface area contributed by atoms with Crippen molar-refractivity contribution >= 4 is 32.6 Å². The Morgan fingerprint density at radius 2 is 1.95 bits per heavy atom. The van der Waals surface area contributed by atoms with E-state index in [2.05, 4.69) is 15.9 Å². The molecular weight excluding hydrogens is 363 g/mol. The highest BCUT2D eigenvalue weighted by Crippen LogP contribution is 2.33. The summed E-state index contributed by atoms with van der Waals surface area (Å²) in [6.07, 6.45) is -5.49. The van der Waals surface area contributed by atoms with Crippen molar-refractivity contribution in [3.05, 3.63) is 40.9 Å². The van der Waals surface area contributed by atoms with Crippen LogP contribution in [0.15, 0.2) is 40.9 Å². The molecule has 3 nitrogen and oxygen atoms in total. The van der Waals surface area contributed by atoms with Crippen LogP contribution in [-0.2, 0) is 4.79 Å². The monoisotopic (exact) mass is 375 g/mol. The predicted molar refractivity (Wildman–Crippen MR) is 80.8 cm³/mol. The van der Waals surface area contributed by atoms with Crippen LogP contribution in [0, 0.1) is 0 Å². The Hall–Kier alpha value is -1.76. The van der Waals surface area contributed by atoms with E-state index in [9.17, 15) is 18.0 Å². The first-order chi connectivity index (χ1) is 10.3. The molecule has 0 unspecified atom stereocenters. The molecule has 0 saturated heterocycles. The van der Waals surface area contributed by atoms with Gasteiger partial charge in [0, 0.05) is 0 Å². The molecule has 2 rings (SSSR count). The lowest BCUT2D eigenvalue weighted by molar-refractivity contribution is -0.142. The summed E-state index contributed by atoms with van der Waals surface area (Å²) in [4.78, 5) is 11.6. The fraction of sp³-hybridized carbons (Fsp3) is 0.267. The highest BCUT2D eigenvalue weighted by molar-refractivity contribution is 9.10. The van der Waals surface area contributed by atoms with Gasteiger partial charge in [-0.3, -0.25) is 4.79 Å². The van der Waals surface area contributed by atoms with E-state index >= 15 is 0 Å². The Kier molecular flexibility index (Phi) is 4.95. The van der Waals surface area contributed by atoms with Gasteiger partial charge in [-0.15, -0.1) is 0 Å². The van der Waals surface area contributed by atoms with E-state index in [1.54, 1.807) is 11.4 Å². The molecule has 0 spiro atoms. The highest BCUT2D eigenvalue weighted by Gasteiger charge is 2.29. The van der Waals surface area contributed by atoms with Gasteiger partial charge in [0.2, 0.25) is 0 Å². The van der Waals surface area contributed by atoms with Gasteiger partial charge in [-0.25, -0.2) is 0 Å². The summed E-state index contributed by atoms with van der Waals surface area (Å²) in [6, 6.07) is 11.0. The average Bonchev–Trinajstić information content (AvgIpc) is 2.47. The van der Waals surface area contributed by atoms with Gasteiger partial charge >= 0.3 is 6.18 Å². The molecule has 0 aliphatic heterocycles. The molecule has 7 heteroatoms.